The smallest absolute Gasteiger partial charge is 0.142 e. The molecule has 0 saturated heterocycles. The molecule has 6 heteroatoms. The van der Waals surface area contributed by atoms with Crippen LogP contribution in [0.5, 0.6) is 5.75 Å². The van der Waals surface area contributed by atoms with Gasteiger partial charge in [-0.3, -0.25) is 4.21 Å². The Bertz CT molecular complexity index is 634. The average Bonchev–Trinajstić information content (AvgIpc) is 2.43. The third kappa shape index (κ3) is 3.88. The number of anilines is 1. The van der Waals surface area contributed by atoms with Gasteiger partial charge in [0.05, 0.1) is 32.2 Å². The van der Waals surface area contributed by atoms with E-state index in [-0.39, 0.29) is 6.61 Å². The molecule has 1 unspecified atom stereocenters. The van der Waals surface area contributed by atoms with Gasteiger partial charge in [0.1, 0.15) is 12.4 Å². The third-order valence-corrected chi connectivity index (χ3v) is 4.63. The normalized spacial score (nSPS) is 12.1. The van der Waals surface area contributed by atoms with Crippen molar-refractivity contribution in [2.24, 2.45) is 0 Å². The maximum Gasteiger partial charge on any atom is 0.142 e. The Balaban J connectivity index is 1.96. The molecule has 106 valence electrons. The number of nitrogen functional groups attached to an aromatic ring is 1. The standard InChI is InChI=1S/C14H13Cl2NO2S/c15-10-5-6-11(16)14(9-10)20(18)8-7-19-13-4-2-1-3-12(13)17/h1-6,9H,7-8,17H2. The zero-order valence-electron chi connectivity index (χ0n) is 10.5. The van der Waals surface area contributed by atoms with E-state index in [0.29, 0.717) is 32.1 Å². The van der Waals surface area contributed by atoms with E-state index >= 15 is 0 Å². The van der Waals surface area contributed by atoms with Crippen molar-refractivity contribution in [3.8, 4) is 5.75 Å². The van der Waals surface area contributed by atoms with Crippen molar-refractivity contribution in [2.45, 2.75) is 4.90 Å². The van der Waals surface area contributed by atoms with Crippen LogP contribution in [0.25, 0.3) is 0 Å². The molecule has 0 aromatic heterocycles. The maximum absolute atomic E-state index is 12.1. The summed E-state index contributed by atoms with van der Waals surface area (Å²) in [7, 11) is -1.27. The summed E-state index contributed by atoms with van der Waals surface area (Å²) in [6.07, 6.45) is 0. The van der Waals surface area contributed by atoms with Crippen LogP contribution in [0.2, 0.25) is 10.0 Å². The Hall–Kier alpha value is -1.23. The fourth-order valence-electron chi connectivity index (χ4n) is 1.60. The lowest BCUT2D eigenvalue weighted by atomic mass is 10.3. The van der Waals surface area contributed by atoms with Crippen LogP contribution in [0.15, 0.2) is 47.4 Å². The first kappa shape index (κ1) is 15.2. The van der Waals surface area contributed by atoms with Gasteiger partial charge in [0, 0.05) is 5.02 Å². The number of ether oxygens (including phenoxy) is 1. The number of benzene rings is 2. The average molecular weight is 330 g/mol. The molecule has 2 rings (SSSR count). The second-order valence-electron chi connectivity index (χ2n) is 4.01. The molecule has 0 fully saturated rings. The lowest BCUT2D eigenvalue weighted by molar-refractivity contribution is 0.344. The van der Waals surface area contributed by atoms with Gasteiger partial charge >= 0.3 is 0 Å². The molecule has 0 aliphatic rings. The Morgan fingerprint density at radius 1 is 1.15 bits per heavy atom. The van der Waals surface area contributed by atoms with E-state index in [4.69, 9.17) is 33.7 Å². The third-order valence-electron chi connectivity index (χ3n) is 2.58. The van der Waals surface area contributed by atoms with E-state index in [9.17, 15) is 4.21 Å². The van der Waals surface area contributed by atoms with Crippen LogP contribution in [0.1, 0.15) is 0 Å². The largest absolute Gasteiger partial charge is 0.490 e. The van der Waals surface area contributed by atoms with Crippen molar-refractivity contribution in [3.05, 3.63) is 52.5 Å². The highest BCUT2D eigenvalue weighted by Crippen LogP contribution is 2.24. The fourth-order valence-corrected chi connectivity index (χ4v) is 3.21. The number of rotatable bonds is 5. The van der Waals surface area contributed by atoms with Gasteiger partial charge in [-0.1, -0.05) is 35.3 Å². The Morgan fingerprint density at radius 3 is 2.65 bits per heavy atom. The lowest BCUT2D eigenvalue weighted by Crippen LogP contribution is -2.10. The SMILES string of the molecule is Nc1ccccc1OCCS(=O)c1cc(Cl)ccc1Cl. The topological polar surface area (TPSA) is 52.3 Å². The predicted molar refractivity (Wildman–Crippen MR) is 84.1 cm³/mol. The first-order valence-corrected chi connectivity index (χ1v) is 7.96. The zero-order valence-corrected chi connectivity index (χ0v) is 12.8. The van der Waals surface area contributed by atoms with Gasteiger partial charge < -0.3 is 10.5 Å². The van der Waals surface area contributed by atoms with Crippen molar-refractivity contribution in [1.29, 1.82) is 0 Å². The predicted octanol–water partition coefficient (Wildman–Crippen LogP) is 3.76. The first-order chi connectivity index (χ1) is 9.58. The molecule has 0 amide bonds. The zero-order chi connectivity index (χ0) is 14.5. The number of hydrogen-bond acceptors (Lipinski definition) is 3. The van der Waals surface area contributed by atoms with Gasteiger partial charge in [-0.15, -0.1) is 0 Å². The van der Waals surface area contributed by atoms with Crippen molar-refractivity contribution in [2.75, 3.05) is 18.1 Å². The van der Waals surface area contributed by atoms with E-state index in [1.54, 1.807) is 30.3 Å². The van der Waals surface area contributed by atoms with E-state index in [1.165, 1.54) is 0 Å². The Morgan fingerprint density at radius 2 is 1.90 bits per heavy atom. The van der Waals surface area contributed by atoms with Gasteiger partial charge in [0.2, 0.25) is 0 Å². The summed E-state index contributed by atoms with van der Waals surface area (Å²) in [5, 5.41) is 0.943. The summed E-state index contributed by atoms with van der Waals surface area (Å²) >= 11 is 11.9. The van der Waals surface area contributed by atoms with Gasteiger partial charge in [-0.25, -0.2) is 0 Å². The molecular weight excluding hydrogens is 317 g/mol. The molecule has 0 heterocycles. The number of nitrogens with two attached hydrogens (primary N) is 1. The van der Waals surface area contributed by atoms with Crippen LogP contribution in [-0.4, -0.2) is 16.6 Å². The number of halogens is 2. The highest BCUT2D eigenvalue weighted by Gasteiger charge is 2.10. The molecule has 0 aliphatic heterocycles. The molecular formula is C14H13Cl2NO2S. The molecule has 0 radical (unpaired) electrons. The van der Waals surface area contributed by atoms with E-state index in [0.717, 1.165) is 0 Å². The monoisotopic (exact) mass is 329 g/mol. The molecule has 0 aliphatic carbocycles. The Kier molecular flexibility index (Phi) is 5.29. The second kappa shape index (κ2) is 6.97. The van der Waals surface area contributed by atoms with Gasteiger partial charge in [-0.05, 0) is 30.3 Å². The minimum Gasteiger partial charge on any atom is -0.490 e. The molecule has 1 atom stereocenters. The molecule has 0 bridgehead atoms. The van der Waals surface area contributed by atoms with E-state index < -0.39 is 10.8 Å². The van der Waals surface area contributed by atoms with Gasteiger partial charge in [0.25, 0.3) is 0 Å². The minimum atomic E-state index is -1.27. The van der Waals surface area contributed by atoms with E-state index in [1.807, 2.05) is 12.1 Å². The fraction of sp³-hybridized carbons (Fsp3) is 0.143. The summed E-state index contributed by atoms with van der Waals surface area (Å²) in [5.41, 5.74) is 6.31. The number of hydrogen-bond donors (Lipinski definition) is 1. The van der Waals surface area contributed by atoms with E-state index in [2.05, 4.69) is 0 Å². The number of para-hydroxylation sites is 2. The molecule has 2 aromatic carbocycles. The van der Waals surface area contributed by atoms with Gasteiger partial charge in [-0.2, -0.15) is 0 Å². The molecule has 2 aromatic rings. The molecule has 0 spiro atoms. The quantitative estimate of drug-likeness (QED) is 0.849. The molecule has 2 N–H and O–H groups in total. The van der Waals surface area contributed by atoms with Crippen LogP contribution >= 0.6 is 23.2 Å². The lowest BCUT2D eigenvalue weighted by Gasteiger charge is -2.09. The highest BCUT2D eigenvalue weighted by molar-refractivity contribution is 7.85. The summed E-state index contributed by atoms with van der Waals surface area (Å²) in [6, 6.07) is 12.1. The molecule has 20 heavy (non-hydrogen) atoms. The van der Waals surface area contributed by atoms with Crippen LogP contribution in [-0.2, 0) is 10.8 Å². The summed E-state index contributed by atoms with van der Waals surface area (Å²) < 4.78 is 17.7. The minimum absolute atomic E-state index is 0.281. The molecule has 3 nitrogen and oxygen atoms in total. The van der Waals surface area contributed by atoms with Crippen molar-refractivity contribution >= 4 is 39.7 Å². The highest BCUT2D eigenvalue weighted by atomic mass is 35.5. The molecule has 0 saturated carbocycles. The summed E-state index contributed by atoms with van der Waals surface area (Å²) in [5.74, 6) is 0.899. The van der Waals surface area contributed by atoms with Gasteiger partial charge in [0.15, 0.2) is 0 Å². The summed E-state index contributed by atoms with van der Waals surface area (Å²) in [6.45, 7) is 0.281. The van der Waals surface area contributed by atoms with Crippen LogP contribution < -0.4 is 10.5 Å². The van der Waals surface area contributed by atoms with Crippen LogP contribution in [0.4, 0.5) is 5.69 Å². The second-order valence-corrected chi connectivity index (χ2v) is 6.39. The van der Waals surface area contributed by atoms with Crippen molar-refractivity contribution in [3.63, 3.8) is 0 Å². The van der Waals surface area contributed by atoms with Crippen molar-refractivity contribution in [1.82, 2.24) is 0 Å². The summed E-state index contributed by atoms with van der Waals surface area (Å²) in [4.78, 5) is 0.517. The van der Waals surface area contributed by atoms with Crippen molar-refractivity contribution < 1.29 is 8.95 Å². The maximum atomic E-state index is 12.1. The van der Waals surface area contributed by atoms with Crippen LogP contribution in [0, 0.1) is 0 Å². The first-order valence-electron chi connectivity index (χ1n) is 5.88. The Labute approximate surface area is 130 Å². The van der Waals surface area contributed by atoms with Crippen LogP contribution in [0.3, 0.4) is 0 Å².